The molecule has 2 atom stereocenters. The number of hydroxylamine groups is 2. The first kappa shape index (κ1) is 8.88. The molecule has 1 N–H and O–H groups in total. The molecular formula is C11H11NO3. The fourth-order valence-electron chi connectivity index (χ4n) is 2.38. The van der Waals surface area contributed by atoms with Crippen molar-refractivity contribution in [1.82, 2.24) is 5.06 Å². The molecule has 1 aliphatic carbocycles. The van der Waals surface area contributed by atoms with Crippen LogP contribution in [0.1, 0.15) is 17.2 Å². The van der Waals surface area contributed by atoms with Crippen molar-refractivity contribution in [3.05, 3.63) is 35.4 Å². The predicted molar refractivity (Wildman–Crippen MR) is 51.3 cm³/mol. The first-order valence-corrected chi connectivity index (χ1v) is 4.98. The van der Waals surface area contributed by atoms with Gasteiger partial charge in [0.05, 0.1) is 6.10 Å². The fourth-order valence-corrected chi connectivity index (χ4v) is 2.38. The molecule has 4 heteroatoms. The molecule has 0 aromatic heterocycles. The van der Waals surface area contributed by atoms with E-state index in [1.807, 2.05) is 24.3 Å². The molecule has 3 rings (SSSR count). The summed E-state index contributed by atoms with van der Waals surface area (Å²) in [6.07, 6.45) is 0.677. The lowest BCUT2D eigenvalue weighted by Crippen LogP contribution is -2.45. The Labute approximate surface area is 87.0 Å². The first-order chi connectivity index (χ1) is 7.27. The Balaban J connectivity index is 2.05. The van der Waals surface area contributed by atoms with Gasteiger partial charge in [-0.2, -0.15) is 0 Å². The Morgan fingerprint density at radius 3 is 3.07 bits per heavy atom. The minimum Gasteiger partial charge on any atom is -0.365 e. The maximum absolute atomic E-state index is 11.3. The molecule has 0 spiro atoms. The van der Waals surface area contributed by atoms with Gasteiger partial charge in [-0.05, 0) is 11.1 Å². The van der Waals surface area contributed by atoms with Crippen molar-refractivity contribution >= 4 is 5.91 Å². The van der Waals surface area contributed by atoms with Gasteiger partial charge in [-0.15, -0.1) is 0 Å². The summed E-state index contributed by atoms with van der Waals surface area (Å²) in [5.74, 6) is -0.368. The van der Waals surface area contributed by atoms with Gasteiger partial charge >= 0.3 is 0 Å². The normalized spacial score (nSPS) is 28.9. The quantitative estimate of drug-likeness (QED) is 0.640. The number of hydrogen-bond acceptors (Lipinski definition) is 3. The number of morpholine rings is 1. The van der Waals surface area contributed by atoms with E-state index in [4.69, 9.17) is 4.74 Å². The van der Waals surface area contributed by atoms with Crippen LogP contribution in [0.5, 0.6) is 0 Å². The molecule has 1 amide bonds. The zero-order valence-electron chi connectivity index (χ0n) is 8.09. The third-order valence-electron chi connectivity index (χ3n) is 3.09. The number of carbonyl (C=O) groups excluding carboxylic acids is 1. The summed E-state index contributed by atoms with van der Waals surface area (Å²) in [5, 5.41) is 10.5. The lowest BCUT2D eigenvalue weighted by Gasteiger charge is -2.32. The van der Waals surface area contributed by atoms with Gasteiger partial charge in [0.25, 0.3) is 5.91 Å². The van der Waals surface area contributed by atoms with Crippen molar-refractivity contribution in [3.8, 4) is 0 Å². The number of rotatable bonds is 0. The summed E-state index contributed by atoms with van der Waals surface area (Å²) < 4.78 is 5.42. The van der Waals surface area contributed by atoms with Gasteiger partial charge in [-0.25, -0.2) is 5.06 Å². The van der Waals surface area contributed by atoms with Crippen molar-refractivity contribution in [1.29, 1.82) is 0 Å². The maximum Gasteiger partial charge on any atom is 0.272 e. The van der Waals surface area contributed by atoms with E-state index in [0.717, 1.165) is 22.6 Å². The summed E-state index contributed by atoms with van der Waals surface area (Å²) in [7, 11) is 0. The standard InChI is InChI=1S/C11H11NO3/c13-10-6-15-9-5-7-3-1-2-4-8(7)11(9)12(10)14/h1-4,9,11,14H,5-6H2. The number of benzene rings is 1. The smallest absolute Gasteiger partial charge is 0.272 e. The summed E-state index contributed by atoms with van der Waals surface area (Å²) >= 11 is 0. The third kappa shape index (κ3) is 1.19. The third-order valence-corrected chi connectivity index (χ3v) is 3.09. The maximum atomic E-state index is 11.3. The van der Waals surface area contributed by atoms with E-state index < -0.39 is 0 Å². The number of nitrogens with zero attached hydrogens (tertiary/aromatic N) is 1. The van der Waals surface area contributed by atoms with Gasteiger partial charge < -0.3 is 4.74 Å². The Morgan fingerprint density at radius 1 is 1.40 bits per heavy atom. The van der Waals surface area contributed by atoms with Gasteiger partial charge in [0.1, 0.15) is 12.6 Å². The van der Waals surface area contributed by atoms with E-state index in [0.29, 0.717) is 0 Å². The number of hydrogen-bond donors (Lipinski definition) is 1. The van der Waals surface area contributed by atoms with Crippen LogP contribution in [-0.4, -0.2) is 28.9 Å². The topological polar surface area (TPSA) is 49.8 Å². The second-order valence-electron chi connectivity index (χ2n) is 3.94. The molecule has 0 saturated carbocycles. The summed E-state index contributed by atoms with van der Waals surface area (Å²) in [6.45, 7) is -0.0222. The number of carbonyl (C=O) groups is 1. The van der Waals surface area contributed by atoms with E-state index >= 15 is 0 Å². The fraction of sp³-hybridized carbons (Fsp3) is 0.364. The minimum atomic E-state index is -0.368. The molecular weight excluding hydrogens is 194 g/mol. The highest BCUT2D eigenvalue weighted by molar-refractivity contribution is 5.77. The van der Waals surface area contributed by atoms with E-state index in [-0.39, 0.29) is 24.7 Å². The molecule has 1 heterocycles. The molecule has 1 saturated heterocycles. The molecule has 1 fully saturated rings. The molecule has 0 bridgehead atoms. The lowest BCUT2D eigenvalue weighted by atomic mass is 10.1. The molecule has 15 heavy (non-hydrogen) atoms. The molecule has 1 aromatic carbocycles. The van der Waals surface area contributed by atoms with Crippen LogP contribution >= 0.6 is 0 Å². The second-order valence-corrected chi connectivity index (χ2v) is 3.94. The average Bonchev–Trinajstić information content (AvgIpc) is 2.62. The number of fused-ring (bicyclic) bond motifs is 3. The van der Waals surface area contributed by atoms with Gasteiger partial charge in [0, 0.05) is 6.42 Å². The molecule has 4 nitrogen and oxygen atoms in total. The summed E-state index contributed by atoms with van der Waals surface area (Å²) in [5.41, 5.74) is 2.15. The summed E-state index contributed by atoms with van der Waals surface area (Å²) in [6, 6.07) is 7.50. The van der Waals surface area contributed by atoms with Crippen molar-refractivity contribution < 1.29 is 14.7 Å². The van der Waals surface area contributed by atoms with Crippen LogP contribution in [0.2, 0.25) is 0 Å². The van der Waals surface area contributed by atoms with Crippen molar-refractivity contribution in [3.63, 3.8) is 0 Å². The number of amides is 1. The Bertz CT molecular complexity index is 418. The average molecular weight is 205 g/mol. The van der Waals surface area contributed by atoms with E-state index in [9.17, 15) is 10.0 Å². The van der Waals surface area contributed by atoms with Crippen molar-refractivity contribution in [2.45, 2.75) is 18.6 Å². The Kier molecular flexibility index (Phi) is 1.81. The first-order valence-electron chi connectivity index (χ1n) is 4.98. The van der Waals surface area contributed by atoms with Crippen LogP contribution < -0.4 is 0 Å². The van der Waals surface area contributed by atoms with Crippen molar-refractivity contribution in [2.75, 3.05) is 6.61 Å². The van der Waals surface area contributed by atoms with Crippen LogP contribution in [0.25, 0.3) is 0 Å². The van der Waals surface area contributed by atoms with E-state index in [2.05, 4.69) is 0 Å². The monoisotopic (exact) mass is 205 g/mol. The van der Waals surface area contributed by atoms with Crippen LogP contribution in [0.4, 0.5) is 0 Å². The highest BCUT2D eigenvalue weighted by Gasteiger charge is 2.42. The zero-order valence-corrected chi connectivity index (χ0v) is 8.09. The summed E-state index contributed by atoms with van der Waals surface area (Å²) in [4.78, 5) is 11.3. The molecule has 78 valence electrons. The molecule has 0 radical (unpaired) electrons. The zero-order chi connectivity index (χ0) is 10.4. The minimum absolute atomic E-state index is 0.0222. The van der Waals surface area contributed by atoms with E-state index in [1.54, 1.807) is 0 Å². The largest absolute Gasteiger partial charge is 0.365 e. The predicted octanol–water partition coefficient (Wildman–Crippen LogP) is 0.900. The van der Waals surface area contributed by atoms with Crippen LogP contribution in [0, 0.1) is 0 Å². The molecule has 2 unspecified atom stereocenters. The highest BCUT2D eigenvalue weighted by Crippen LogP contribution is 2.38. The molecule has 2 aliphatic rings. The van der Waals surface area contributed by atoms with Crippen molar-refractivity contribution in [2.24, 2.45) is 0 Å². The SMILES string of the molecule is O=C1COC2Cc3ccccc3C2N1O. The highest BCUT2D eigenvalue weighted by atomic mass is 16.6. The number of ether oxygens (including phenoxy) is 1. The Hall–Kier alpha value is -1.39. The molecule has 1 aliphatic heterocycles. The van der Waals surface area contributed by atoms with Gasteiger partial charge in [0.2, 0.25) is 0 Å². The Morgan fingerprint density at radius 2 is 2.20 bits per heavy atom. The van der Waals surface area contributed by atoms with Gasteiger partial charge in [-0.3, -0.25) is 10.0 Å². The molecule has 1 aromatic rings. The van der Waals surface area contributed by atoms with Crippen LogP contribution in [-0.2, 0) is 16.0 Å². The van der Waals surface area contributed by atoms with Crippen LogP contribution in [0.15, 0.2) is 24.3 Å². The van der Waals surface area contributed by atoms with Gasteiger partial charge in [-0.1, -0.05) is 24.3 Å². The lowest BCUT2D eigenvalue weighted by molar-refractivity contribution is -0.212. The van der Waals surface area contributed by atoms with Gasteiger partial charge in [0.15, 0.2) is 0 Å². The van der Waals surface area contributed by atoms with Crippen LogP contribution in [0.3, 0.4) is 0 Å². The van der Waals surface area contributed by atoms with E-state index in [1.165, 1.54) is 0 Å². The second kappa shape index (κ2) is 3.05.